The summed E-state index contributed by atoms with van der Waals surface area (Å²) >= 11 is 0. The van der Waals surface area contributed by atoms with E-state index in [0.717, 1.165) is 18.2 Å². The highest BCUT2D eigenvalue weighted by Gasteiger charge is 2.42. The largest absolute Gasteiger partial charge is 0.422 e. The number of nitrogens with zero attached hydrogens (tertiary/aromatic N) is 5. The van der Waals surface area contributed by atoms with Crippen LogP contribution in [0.1, 0.15) is 22.3 Å². The summed E-state index contributed by atoms with van der Waals surface area (Å²) in [5.41, 5.74) is -8.15. The van der Waals surface area contributed by atoms with E-state index >= 15 is 0 Å². The summed E-state index contributed by atoms with van der Waals surface area (Å²) < 4.78 is 95.1. The van der Waals surface area contributed by atoms with Crippen LogP contribution in [0.15, 0.2) is 12.1 Å². The molecule has 0 radical (unpaired) electrons. The predicted molar refractivity (Wildman–Crippen MR) is 89.2 cm³/mol. The van der Waals surface area contributed by atoms with Crippen LogP contribution >= 0.6 is 0 Å². The van der Waals surface area contributed by atoms with Crippen LogP contribution in [0.5, 0.6) is 0 Å². The number of hydrogen-bond acceptors (Lipinski definition) is 5. The molecule has 32 heavy (non-hydrogen) atoms. The lowest BCUT2D eigenvalue weighted by atomic mass is 9.94. The fraction of sp³-hybridized carbons (Fsp3) is 0.0500. The van der Waals surface area contributed by atoms with Crippen molar-refractivity contribution in [3.05, 3.63) is 68.1 Å². The average Bonchev–Trinajstić information content (AvgIpc) is 2.75. The first-order chi connectivity index (χ1) is 15.0. The van der Waals surface area contributed by atoms with E-state index in [9.17, 15) is 46.5 Å². The maximum Gasteiger partial charge on any atom is 0.422 e. The standard InChI is InChI=1S/C20H2F7N5/c21-16-14(17(22)19(24)15(18(16)23)20(25,26)27)13(7-32)10-2-1-9(8(3-28)4-29)11(5-30)12(10)6-31/h1-2H/b13-10-. The van der Waals surface area contributed by atoms with Crippen molar-refractivity contribution in [1.82, 2.24) is 0 Å². The van der Waals surface area contributed by atoms with E-state index in [1.54, 1.807) is 0 Å². The Morgan fingerprint density at radius 2 is 1.09 bits per heavy atom. The third kappa shape index (κ3) is 3.56. The van der Waals surface area contributed by atoms with E-state index in [1.807, 2.05) is 0 Å². The second-order valence-corrected chi connectivity index (χ2v) is 5.72. The van der Waals surface area contributed by atoms with Gasteiger partial charge in [-0.1, -0.05) is 12.1 Å². The van der Waals surface area contributed by atoms with E-state index in [1.165, 1.54) is 24.3 Å². The van der Waals surface area contributed by atoms with Crippen molar-refractivity contribution < 1.29 is 30.7 Å². The Morgan fingerprint density at radius 3 is 1.47 bits per heavy atom. The van der Waals surface area contributed by atoms with Crippen molar-refractivity contribution in [2.75, 3.05) is 0 Å². The number of hydrogen-bond donors (Lipinski definition) is 0. The second-order valence-electron chi connectivity index (χ2n) is 5.72. The number of rotatable bonds is 1. The molecular weight excluding hydrogens is 443 g/mol. The lowest BCUT2D eigenvalue weighted by Crippen LogP contribution is -2.24. The molecule has 0 fully saturated rings. The lowest BCUT2D eigenvalue weighted by molar-refractivity contribution is -0.143. The fourth-order valence-corrected chi connectivity index (χ4v) is 2.75. The molecule has 0 spiro atoms. The van der Waals surface area contributed by atoms with Gasteiger partial charge in [0.1, 0.15) is 41.5 Å². The van der Waals surface area contributed by atoms with Gasteiger partial charge in [-0.25, -0.2) is 17.6 Å². The lowest BCUT2D eigenvalue weighted by Gasteiger charge is -2.14. The van der Waals surface area contributed by atoms with E-state index in [-0.39, 0.29) is 5.22 Å². The molecule has 0 aliphatic heterocycles. The number of alkyl halides is 3. The Kier molecular flexibility index (Phi) is 6.21. The Labute approximate surface area is 173 Å². The van der Waals surface area contributed by atoms with Crippen molar-refractivity contribution in [2.24, 2.45) is 0 Å². The average molecular weight is 445 g/mol. The van der Waals surface area contributed by atoms with Crippen LogP contribution in [0, 0.1) is 79.9 Å². The van der Waals surface area contributed by atoms with Gasteiger partial charge in [-0.15, -0.1) is 0 Å². The molecule has 0 N–H and O–H groups in total. The third-order valence-electron chi connectivity index (χ3n) is 4.10. The molecule has 5 nitrogen and oxygen atoms in total. The molecule has 0 saturated carbocycles. The van der Waals surface area contributed by atoms with Gasteiger partial charge in [0.15, 0.2) is 23.3 Å². The molecule has 0 amide bonds. The zero-order chi connectivity index (χ0) is 24.4. The molecule has 0 aliphatic rings. The monoisotopic (exact) mass is 445 g/mol. The molecule has 0 saturated heterocycles. The summed E-state index contributed by atoms with van der Waals surface area (Å²) in [5, 5.41) is 44.8. The number of nitriles is 5. The summed E-state index contributed by atoms with van der Waals surface area (Å²) in [6, 6.07) is 8.50. The Bertz CT molecular complexity index is 1460. The van der Waals surface area contributed by atoms with Gasteiger partial charge in [-0.2, -0.15) is 39.5 Å². The SMILES string of the molecule is N#CC(C#N)=c1cc/c(=C(\C#N)c2c(F)c(F)c(C(F)(F)F)c(F)c2F)c(C#N)c1C#N. The van der Waals surface area contributed by atoms with Gasteiger partial charge >= 0.3 is 6.18 Å². The van der Waals surface area contributed by atoms with Crippen LogP contribution in [0.25, 0.3) is 11.1 Å². The van der Waals surface area contributed by atoms with E-state index in [4.69, 9.17) is 10.5 Å². The van der Waals surface area contributed by atoms with Crippen molar-refractivity contribution >= 4 is 11.1 Å². The summed E-state index contributed by atoms with van der Waals surface area (Å²) in [7, 11) is 0. The molecule has 0 bridgehead atoms. The van der Waals surface area contributed by atoms with E-state index < -0.39 is 68.1 Å². The zero-order valence-corrected chi connectivity index (χ0v) is 15.0. The van der Waals surface area contributed by atoms with Gasteiger partial charge in [0.05, 0.1) is 22.3 Å². The van der Waals surface area contributed by atoms with Gasteiger partial charge < -0.3 is 0 Å². The normalized spacial score (nSPS) is 11.3. The molecule has 0 aliphatic carbocycles. The van der Waals surface area contributed by atoms with Crippen LogP contribution in [0.4, 0.5) is 30.7 Å². The minimum atomic E-state index is -5.81. The Hall–Kier alpha value is -4.86. The number of benzene rings is 2. The first-order valence-electron chi connectivity index (χ1n) is 7.85. The predicted octanol–water partition coefficient (Wildman–Crippen LogP) is 2.93. The molecule has 12 heteroatoms. The van der Waals surface area contributed by atoms with Crippen LogP contribution in [0.2, 0.25) is 0 Å². The Balaban J connectivity index is 3.24. The van der Waals surface area contributed by atoms with Gasteiger partial charge in [0, 0.05) is 10.4 Å². The highest BCUT2D eigenvalue weighted by molar-refractivity contribution is 5.80. The summed E-state index contributed by atoms with van der Waals surface area (Å²) in [4.78, 5) is 0. The van der Waals surface area contributed by atoms with Crippen LogP contribution < -0.4 is 10.4 Å². The van der Waals surface area contributed by atoms with Crippen LogP contribution in [-0.4, -0.2) is 0 Å². The van der Waals surface area contributed by atoms with E-state index in [2.05, 4.69) is 0 Å². The molecule has 2 rings (SSSR count). The van der Waals surface area contributed by atoms with Gasteiger partial charge in [0.25, 0.3) is 0 Å². The highest BCUT2D eigenvalue weighted by atomic mass is 19.4. The van der Waals surface area contributed by atoms with E-state index in [0.29, 0.717) is 0 Å². The Morgan fingerprint density at radius 1 is 0.656 bits per heavy atom. The summed E-state index contributed by atoms with van der Waals surface area (Å²) in [6.07, 6.45) is -5.81. The van der Waals surface area contributed by atoms with Crippen molar-refractivity contribution in [3.63, 3.8) is 0 Å². The van der Waals surface area contributed by atoms with Crippen molar-refractivity contribution in [2.45, 2.75) is 6.18 Å². The first-order valence-corrected chi connectivity index (χ1v) is 7.85. The van der Waals surface area contributed by atoms with Gasteiger partial charge in [-0.05, 0) is 0 Å². The van der Waals surface area contributed by atoms with Crippen molar-refractivity contribution in [1.29, 1.82) is 26.3 Å². The van der Waals surface area contributed by atoms with Crippen molar-refractivity contribution in [3.8, 4) is 30.3 Å². The molecule has 0 unspecified atom stereocenters. The minimum Gasteiger partial charge on any atom is -0.203 e. The molecule has 2 aromatic carbocycles. The quantitative estimate of drug-likeness (QED) is 0.494. The second kappa shape index (κ2) is 8.48. The maximum atomic E-state index is 14.4. The number of halogens is 7. The van der Waals surface area contributed by atoms with Gasteiger partial charge in [0.2, 0.25) is 0 Å². The molecule has 0 heterocycles. The molecule has 0 aromatic heterocycles. The van der Waals surface area contributed by atoms with Gasteiger partial charge in [-0.3, -0.25) is 0 Å². The fourth-order valence-electron chi connectivity index (χ4n) is 2.75. The summed E-state index contributed by atoms with van der Waals surface area (Å²) in [6.45, 7) is 0. The molecular formula is C20H2F7N5. The first kappa shape index (κ1) is 23.4. The molecule has 0 atom stereocenters. The minimum absolute atomic E-state index is 0.388. The summed E-state index contributed by atoms with van der Waals surface area (Å²) in [5.74, 6) is -10.8. The third-order valence-corrected chi connectivity index (χ3v) is 4.10. The highest BCUT2D eigenvalue weighted by Crippen LogP contribution is 2.38. The zero-order valence-electron chi connectivity index (χ0n) is 15.0. The smallest absolute Gasteiger partial charge is 0.203 e. The topological polar surface area (TPSA) is 119 Å². The van der Waals surface area contributed by atoms with Crippen LogP contribution in [0.3, 0.4) is 0 Å². The molecule has 156 valence electrons. The maximum absolute atomic E-state index is 14.4. The molecule has 2 aromatic rings. The van der Waals surface area contributed by atoms with Crippen LogP contribution in [-0.2, 0) is 6.18 Å².